The fourth-order valence-electron chi connectivity index (χ4n) is 4.44. The number of ether oxygens (including phenoxy) is 1. The number of benzene rings is 3. The molecule has 0 radical (unpaired) electrons. The third-order valence-corrected chi connectivity index (χ3v) is 6.50. The highest BCUT2D eigenvalue weighted by molar-refractivity contribution is 6.00. The Morgan fingerprint density at radius 2 is 1.59 bits per heavy atom. The molecule has 8 heteroatoms. The quantitative estimate of drug-likeness (QED) is 0.399. The van der Waals surface area contributed by atoms with Crippen LogP contribution in [0.25, 0.3) is 16.9 Å². The standard InChI is InChI=1S/C29H27FN4O3/c1-37-25-9-5-6-22(19-25)28-26(20-34(31-28)24-7-3-2-4-8-24)29(36)33-16-14-32(15-17-33)27(35)18-21-10-12-23(30)13-11-21/h2-13,19-20H,14-18H2,1H3. The topological polar surface area (TPSA) is 67.7 Å². The van der Waals surface area contributed by atoms with E-state index in [1.807, 2.05) is 54.6 Å². The smallest absolute Gasteiger partial charge is 0.257 e. The molecule has 3 aromatic carbocycles. The second-order valence-corrected chi connectivity index (χ2v) is 8.88. The first-order chi connectivity index (χ1) is 18.0. The Labute approximate surface area is 214 Å². The van der Waals surface area contributed by atoms with Crippen molar-refractivity contribution >= 4 is 11.8 Å². The zero-order valence-corrected chi connectivity index (χ0v) is 20.5. The number of amides is 2. The number of halogens is 1. The van der Waals surface area contributed by atoms with E-state index in [-0.39, 0.29) is 24.1 Å². The van der Waals surface area contributed by atoms with Crippen LogP contribution >= 0.6 is 0 Å². The number of methoxy groups -OCH3 is 1. The molecule has 37 heavy (non-hydrogen) atoms. The molecule has 1 fully saturated rings. The lowest BCUT2D eigenvalue weighted by molar-refractivity contribution is -0.131. The summed E-state index contributed by atoms with van der Waals surface area (Å²) in [6, 6.07) is 23.1. The van der Waals surface area contributed by atoms with E-state index in [9.17, 15) is 14.0 Å². The molecule has 1 aromatic heterocycles. The van der Waals surface area contributed by atoms with Crippen molar-refractivity contribution in [2.24, 2.45) is 0 Å². The Bertz CT molecular complexity index is 1390. The van der Waals surface area contributed by atoms with Crippen molar-refractivity contribution < 1.29 is 18.7 Å². The number of hydrogen-bond acceptors (Lipinski definition) is 4. The summed E-state index contributed by atoms with van der Waals surface area (Å²) in [6.45, 7) is 1.71. The molecule has 4 aromatic rings. The molecular formula is C29H27FN4O3. The average Bonchev–Trinajstić information content (AvgIpc) is 3.40. The van der Waals surface area contributed by atoms with Crippen LogP contribution in [0.4, 0.5) is 4.39 Å². The SMILES string of the molecule is COc1cccc(-c2nn(-c3ccccc3)cc2C(=O)N2CCN(C(=O)Cc3ccc(F)cc3)CC2)c1. The summed E-state index contributed by atoms with van der Waals surface area (Å²) >= 11 is 0. The van der Waals surface area contributed by atoms with Crippen LogP contribution in [-0.2, 0) is 11.2 Å². The van der Waals surface area contributed by atoms with E-state index in [2.05, 4.69) is 0 Å². The Morgan fingerprint density at radius 1 is 0.892 bits per heavy atom. The highest BCUT2D eigenvalue weighted by Gasteiger charge is 2.28. The molecule has 0 saturated carbocycles. The lowest BCUT2D eigenvalue weighted by atomic mass is 10.1. The van der Waals surface area contributed by atoms with Gasteiger partial charge in [0, 0.05) is 37.9 Å². The van der Waals surface area contributed by atoms with E-state index >= 15 is 0 Å². The number of piperazine rings is 1. The molecule has 7 nitrogen and oxygen atoms in total. The molecule has 5 rings (SSSR count). The summed E-state index contributed by atoms with van der Waals surface area (Å²) < 4.78 is 20.3. The Hall–Kier alpha value is -4.46. The molecule has 2 heterocycles. The molecule has 0 atom stereocenters. The fraction of sp³-hybridized carbons (Fsp3) is 0.207. The van der Waals surface area contributed by atoms with Crippen LogP contribution in [0.5, 0.6) is 5.75 Å². The van der Waals surface area contributed by atoms with Crippen LogP contribution in [0.3, 0.4) is 0 Å². The third-order valence-electron chi connectivity index (χ3n) is 6.50. The fourth-order valence-corrected chi connectivity index (χ4v) is 4.44. The summed E-state index contributed by atoms with van der Waals surface area (Å²) in [5, 5.41) is 4.76. The molecular weight excluding hydrogens is 471 g/mol. The molecule has 1 aliphatic heterocycles. The van der Waals surface area contributed by atoms with E-state index in [1.165, 1.54) is 12.1 Å². The molecule has 0 bridgehead atoms. The highest BCUT2D eigenvalue weighted by Crippen LogP contribution is 2.28. The predicted octanol–water partition coefficient (Wildman–Crippen LogP) is 4.21. The van der Waals surface area contributed by atoms with Gasteiger partial charge in [-0.3, -0.25) is 9.59 Å². The van der Waals surface area contributed by atoms with Crippen LogP contribution in [0, 0.1) is 5.82 Å². The Balaban J connectivity index is 1.34. The van der Waals surface area contributed by atoms with Crippen molar-refractivity contribution in [3.05, 3.63) is 102 Å². The molecule has 1 saturated heterocycles. The summed E-state index contributed by atoms with van der Waals surface area (Å²) in [6.07, 6.45) is 1.97. The van der Waals surface area contributed by atoms with Gasteiger partial charge in [-0.05, 0) is 42.0 Å². The summed E-state index contributed by atoms with van der Waals surface area (Å²) in [5.74, 6) is 0.184. The van der Waals surface area contributed by atoms with Crippen LogP contribution in [-0.4, -0.2) is 64.7 Å². The van der Waals surface area contributed by atoms with Crippen LogP contribution in [0.1, 0.15) is 15.9 Å². The zero-order valence-electron chi connectivity index (χ0n) is 20.5. The van der Waals surface area contributed by atoms with Gasteiger partial charge in [0.1, 0.15) is 17.3 Å². The first kappa shape index (κ1) is 24.2. The molecule has 0 spiro atoms. The van der Waals surface area contributed by atoms with E-state index < -0.39 is 0 Å². The minimum absolute atomic E-state index is 0.0346. The van der Waals surface area contributed by atoms with Gasteiger partial charge in [-0.2, -0.15) is 5.10 Å². The van der Waals surface area contributed by atoms with Gasteiger partial charge in [0.25, 0.3) is 5.91 Å². The third kappa shape index (κ3) is 5.38. The number of para-hydroxylation sites is 1. The largest absolute Gasteiger partial charge is 0.497 e. The molecule has 0 unspecified atom stereocenters. The first-order valence-electron chi connectivity index (χ1n) is 12.1. The molecule has 1 aliphatic rings. The maximum absolute atomic E-state index is 13.7. The summed E-state index contributed by atoms with van der Waals surface area (Å²) in [4.78, 5) is 30.0. The minimum atomic E-state index is -0.327. The zero-order chi connectivity index (χ0) is 25.8. The number of hydrogen-bond donors (Lipinski definition) is 0. The van der Waals surface area contributed by atoms with Crippen LogP contribution in [0.15, 0.2) is 85.1 Å². The van der Waals surface area contributed by atoms with Crippen molar-refractivity contribution in [1.82, 2.24) is 19.6 Å². The maximum Gasteiger partial charge on any atom is 0.257 e. The summed E-state index contributed by atoms with van der Waals surface area (Å²) in [7, 11) is 1.60. The van der Waals surface area contributed by atoms with Crippen molar-refractivity contribution in [1.29, 1.82) is 0 Å². The van der Waals surface area contributed by atoms with E-state index in [0.717, 1.165) is 16.8 Å². The lowest BCUT2D eigenvalue weighted by Gasteiger charge is -2.34. The van der Waals surface area contributed by atoms with E-state index in [0.29, 0.717) is 43.2 Å². The number of carbonyl (C=O) groups excluding carboxylic acids is 2. The monoisotopic (exact) mass is 498 g/mol. The normalized spacial score (nSPS) is 13.5. The maximum atomic E-state index is 13.7. The van der Waals surface area contributed by atoms with Gasteiger partial charge < -0.3 is 14.5 Å². The van der Waals surface area contributed by atoms with Gasteiger partial charge >= 0.3 is 0 Å². The van der Waals surface area contributed by atoms with Crippen molar-refractivity contribution in [2.75, 3.05) is 33.3 Å². The van der Waals surface area contributed by atoms with Gasteiger partial charge in [-0.25, -0.2) is 9.07 Å². The minimum Gasteiger partial charge on any atom is -0.497 e. The number of nitrogens with zero attached hydrogens (tertiary/aromatic N) is 4. The van der Waals surface area contributed by atoms with Crippen LogP contribution < -0.4 is 4.74 Å². The number of rotatable bonds is 6. The predicted molar refractivity (Wildman–Crippen MR) is 138 cm³/mol. The van der Waals surface area contributed by atoms with Crippen molar-refractivity contribution in [2.45, 2.75) is 6.42 Å². The average molecular weight is 499 g/mol. The molecule has 2 amide bonds. The molecule has 188 valence electrons. The van der Waals surface area contributed by atoms with Crippen molar-refractivity contribution in [3.63, 3.8) is 0 Å². The number of carbonyl (C=O) groups is 2. The first-order valence-corrected chi connectivity index (χ1v) is 12.1. The number of aromatic nitrogens is 2. The van der Waals surface area contributed by atoms with Gasteiger partial charge in [-0.1, -0.05) is 42.5 Å². The van der Waals surface area contributed by atoms with E-state index in [1.54, 1.807) is 39.9 Å². The lowest BCUT2D eigenvalue weighted by Crippen LogP contribution is -2.51. The highest BCUT2D eigenvalue weighted by atomic mass is 19.1. The summed E-state index contributed by atoms with van der Waals surface area (Å²) in [5.41, 5.74) is 3.46. The molecule has 0 N–H and O–H groups in total. The Morgan fingerprint density at radius 3 is 2.30 bits per heavy atom. The van der Waals surface area contributed by atoms with Gasteiger partial charge in [0.05, 0.1) is 24.8 Å². The second-order valence-electron chi connectivity index (χ2n) is 8.88. The van der Waals surface area contributed by atoms with Gasteiger partial charge in [0.2, 0.25) is 5.91 Å². The van der Waals surface area contributed by atoms with E-state index in [4.69, 9.17) is 9.84 Å². The van der Waals surface area contributed by atoms with Gasteiger partial charge in [0.15, 0.2) is 0 Å². The molecule has 0 aliphatic carbocycles. The Kier molecular flexibility index (Phi) is 6.98. The van der Waals surface area contributed by atoms with Crippen molar-refractivity contribution in [3.8, 4) is 22.7 Å². The van der Waals surface area contributed by atoms with Crippen LogP contribution in [0.2, 0.25) is 0 Å². The van der Waals surface area contributed by atoms with Gasteiger partial charge in [-0.15, -0.1) is 0 Å². The second kappa shape index (κ2) is 10.7.